The van der Waals surface area contributed by atoms with E-state index >= 15 is 0 Å². The summed E-state index contributed by atoms with van der Waals surface area (Å²) < 4.78 is 4.08. The van der Waals surface area contributed by atoms with Gasteiger partial charge in [0.25, 0.3) is 0 Å². The molecule has 1 fully saturated rings. The minimum absolute atomic E-state index is 0.223. The van der Waals surface area contributed by atoms with E-state index in [1.807, 2.05) is 0 Å². The molecule has 0 spiro atoms. The van der Waals surface area contributed by atoms with Gasteiger partial charge in [0.05, 0.1) is 0 Å². The van der Waals surface area contributed by atoms with E-state index < -0.39 is 18.4 Å². The summed E-state index contributed by atoms with van der Waals surface area (Å²) in [6, 6.07) is 0. The van der Waals surface area contributed by atoms with E-state index in [1.165, 1.54) is 64.8 Å². The molecule has 1 saturated heterocycles. The Bertz CT molecular complexity index is 275. The van der Waals surface area contributed by atoms with Crippen molar-refractivity contribution in [1.29, 1.82) is 0 Å². The molecule has 0 aromatic rings. The normalized spacial score (nSPS) is 24.4. The average molecular weight is 418 g/mol. The van der Waals surface area contributed by atoms with E-state index in [0.717, 1.165) is 19.4 Å². The van der Waals surface area contributed by atoms with Gasteiger partial charge < -0.3 is 0 Å². The summed E-state index contributed by atoms with van der Waals surface area (Å²) in [5.41, 5.74) is 0. The number of aliphatic hydroxyl groups is 1. The number of rotatable bonds is 10. The molecule has 0 aromatic carbocycles. The summed E-state index contributed by atoms with van der Waals surface area (Å²) in [5.74, 6) is 0. The van der Waals surface area contributed by atoms with Crippen LogP contribution in [0.2, 0.25) is 13.3 Å². The molecule has 3 heteroatoms. The molecule has 0 aromatic heterocycles. The SMILES string of the molecule is CCC[CH2][Sn]([CH2]CCC)([CH2]CCC)[C]1(O)CCCN(C)CC1. The zero-order chi connectivity index (χ0) is 16.5. The van der Waals surface area contributed by atoms with E-state index in [9.17, 15) is 5.11 Å². The number of nitrogens with zero attached hydrogens (tertiary/aromatic N) is 1. The van der Waals surface area contributed by atoms with Crippen molar-refractivity contribution in [3.63, 3.8) is 0 Å². The van der Waals surface area contributed by atoms with E-state index in [-0.39, 0.29) is 3.62 Å². The molecular formula is C19H41NOSn. The van der Waals surface area contributed by atoms with E-state index in [2.05, 4.69) is 32.7 Å². The van der Waals surface area contributed by atoms with Crippen molar-refractivity contribution in [2.75, 3.05) is 20.1 Å². The van der Waals surface area contributed by atoms with Crippen LogP contribution in [0.25, 0.3) is 0 Å². The fraction of sp³-hybridized carbons (Fsp3) is 1.00. The molecule has 1 unspecified atom stereocenters. The van der Waals surface area contributed by atoms with Crippen LogP contribution in [0.15, 0.2) is 0 Å². The molecule has 1 N–H and O–H groups in total. The van der Waals surface area contributed by atoms with Crippen molar-refractivity contribution < 1.29 is 5.11 Å². The van der Waals surface area contributed by atoms with E-state index in [4.69, 9.17) is 0 Å². The van der Waals surface area contributed by atoms with Crippen LogP contribution in [-0.4, -0.2) is 52.1 Å². The van der Waals surface area contributed by atoms with E-state index in [0.29, 0.717) is 0 Å². The maximum absolute atomic E-state index is 11.8. The second-order valence-corrected chi connectivity index (χ2v) is 22.0. The third-order valence-corrected chi connectivity index (χ3v) is 24.3. The van der Waals surface area contributed by atoms with Gasteiger partial charge in [0.15, 0.2) is 0 Å². The molecule has 1 heterocycles. The summed E-state index contributed by atoms with van der Waals surface area (Å²) in [6.07, 6.45) is 11.4. The Balaban J connectivity index is 3.00. The summed E-state index contributed by atoms with van der Waals surface area (Å²) in [6.45, 7) is 9.25. The number of likely N-dealkylation sites (tertiary alicyclic amines) is 1. The molecule has 1 aliphatic heterocycles. The molecular weight excluding hydrogens is 377 g/mol. The van der Waals surface area contributed by atoms with Crippen molar-refractivity contribution in [2.45, 2.75) is 95.5 Å². The fourth-order valence-corrected chi connectivity index (χ4v) is 23.2. The van der Waals surface area contributed by atoms with Crippen LogP contribution < -0.4 is 0 Å². The first kappa shape index (κ1) is 20.8. The molecule has 22 heavy (non-hydrogen) atoms. The van der Waals surface area contributed by atoms with Crippen LogP contribution in [0.3, 0.4) is 0 Å². The first-order valence-corrected chi connectivity index (χ1v) is 17.4. The first-order chi connectivity index (χ1) is 10.5. The van der Waals surface area contributed by atoms with Gasteiger partial charge in [-0.3, -0.25) is 0 Å². The zero-order valence-corrected chi connectivity index (χ0v) is 18.6. The second-order valence-electron chi connectivity index (χ2n) is 7.78. The van der Waals surface area contributed by atoms with Crippen molar-refractivity contribution in [2.24, 2.45) is 0 Å². The van der Waals surface area contributed by atoms with Gasteiger partial charge in [-0.2, -0.15) is 0 Å². The minimum atomic E-state index is -2.53. The zero-order valence-electron chi connectivity index (χ0n) is 15.8. The standard InChI is InChI=1S/C7H14NO.3C4H9.Sn/c1-8-5-2-3-7(9)4-6-8;3*1-3-4-2;/h9H,2-6H2,1H3;3*1,3-4H2,2H3;. The Hall–Kier alpha value is 0.719. The third-order valence-electron chi connectivity index (χ3n) is 6.05. The Kier molecular flexibility index (Phi) is 9.96. The van der Waals surface area contributed by atoms with Crippen LogP contribution in [0.4, 0.5) is 0 Å². The third kappa shape index (κ3) is 5.66. The molecule has 0 bridgehead atoms. The van der Waals surface area contributed by atoms with Gasteiger partial charge in [0.2, 0.25) is 0 Å². The summed E-state index contributed by atoms with van der Waals surface area (Å²) >= 11 is -2.53. The van der Waals surface area contributed by atoms with Crippen LogP contribution in [0.1, 0.15) is 78.6 Å². The predicted molar refractivity (Wildman–Crippen MR) is 101 cm³/mol. The second kappa shape index (κ2) is 10.6. The van der Waals surface area contributed by atoms with Gasteiger partial charge in [0, 0.05) is 0 Å². The molecule has 1 atom stereocenters. The van der Waals surface area contributed by atoms with Gasteiger partial charge in [-0.05, 0) is 0 Å². The van der Waals surface area contributed by atoms with Crippen molar-refractivity contribution in [3.8, 4) is 0 Å². The van der Waals surface area contributed by atoms with Gasteiger partial charge in [-0.1, -0.05) is 0 Å². The van der Waals surface area contributed by atoms with Crippen LogP contribution in [-0.2, 0) is 0 Å². The first-order valence-electron chi connectivity index (χ1n) is 9.94. The number of hydrogen-bond acceptors (Lipinski definition) is 2. The molecule has 1 rings (SSSR count). The van der Waals surface area contributed by atoms with Crippen molar-refractivity contribution in [3.05, 3.63) is 0 Å². The van der Waals surface area contributed by atoms with Crippen molar-refractivity contribution >= 4 is 18.4 Å². The molecule has 1 aliphatic rings. The molecule has 0 radical (unpaired) electrons. The van der Waals surface area contributed by atoms with Gasteiger partial charge in [-0.15, -0.1) is 0 Å². The van der Waals surface area contributed by atoms with E-state index in [1.54, 1.807) is 0 Å². The molecule has 0 amide bonds. The van der Waals surface area contributed by atoms with Gasteiger partial charge in [0.1, 0.15) is 0 Å². The predicted octanol–water partition coefficient (Wildman–Crippen LogP) is 5.22. The quantitative estimate of drug-likeness (QED) is 0.492. The number of unbranched alkanes of at least 4 members (excludes halogenated alkanes) is 3. The Morgan fingerprint density at radius 3 is 1.82 bits per heavy atom. The Labute approximate surface area is 143 Å². The Morgan fingerprint density at radius 2 is 1.36 bits per heavy atom. The molecule has 0 aliphatic carbocycles. The maximum atomic E-state index is 11.8. The Morgan fingerprint density at radius 1 is 0.864 bits per heavy atom. The average Bonchev–Trinajstić information content (AvgIpc) is 2.69. The van der Waals surface area contributed by atoms with Gasteiger partial charge >= 0.3 is 144 Å². The van der Waals surface area contributed by atoms with Crippen LogP contribution in [0, 0.1) is 0 Å². The number of hydrogen-bond donors (Lipinski definition) is 1. The summed E-state index contributed by atoms with van der Waals surface area (Å²) in [5, 5.41) is 11.8. The van der Waals surface area contributed by atoms with Crippen LogP contribution in [0.5, 0.6) is 0 Å². The molecule has 132 valence electrons. The van der Waals surface area contributed by atoms with Crippen LogP contribution >= 0.6 is 0 Å². The molecule has 0 saturated carbocycles. The summed E-state index contributed by atoms with van der Waals surface area (Å²) in [7, 11) is 2.23. The fourth-order valence-electron chi connectivity index (χ4n) is 4.40. The topological polar surface area (TPSA) is 23.5 Å². The molecule has 2 nitrogen and oxygen atoms in total. The summed E-state index contributed by atoms with van der Waals surface area (Å²) in [4.78, 5) is 2.44. The monoisotopic (exact) mass is 419 g/mol. The van der Waals surface area contributed by atoms with Crippen molar-refractivity contribution in [1.82, 2.24) is 4.90 Å². The van der Waals surface area contributed by atoms with Gasteiger partial charge in [-0.25, -0.2) is 0 Å².